The van der Waals surface area contributed by atoms with Crippen LogP contribution >= 0.6 is 11.3 Å². The first kappa shape index (κ1) is 15.7. The molecule has 4 nitrogen and oxygen atoms in total. The smallest absolute Gasteiger partial charge is 0.165 e. The number of ether oxygens (including phenoxy) is 1. The van der Waals surface area contributed by atoms with E-state index in [1.54, 1.807) is 35.9 Å². The topological polar surface area (TPSA) is 38.2 Å². The van der Waals surface area contributed by atoms with Gasteiger partial charge in [-0.2, -0.15) is 0 Å². The Morgan fingerprint density at radius 3 is 2.78 bits per heavy atom. The maximum atomic E-state index is 13.5. The number of benzene rings is 1. The molecule has 0 atom stereocenters. The van der Waals surface area contributed by atoms with Gasteiger partial charge in [-0.3, -0.25) is 0 Å². The van der Waals surface area contributed by atoms with Crippen LogP contribution in [0, 0.1) is 19.7 Å². The lowest BCUT2D eigenvalue weighted by Gasteiger charge is -2.19. The molecule has 6 heteroatoms. The summed E-state index contributed by atoms with van der Waals surface area (Å²) in [5, 5.41) is 1.09. The molecule has 3 aromatic rings. The second-order valence-corrected chi connectivity index (χ2v) is 6.56. The number of aromatic nitrogens is 2. The second kappa shape index (κ2) is 6.50. The minimum Gasteiger partial charge on any atom is -0.489 e. The quantitative estimate of drug-likeness (QED) is 0.709. The fraction of sp³-hybridized carbons (Fsp3) is 0.294. The molecule has 2 heterocycles. The van der Waals surface area contributed by atoms with Crippen molar-refractivity contribution in [3.8, 4) is 5.75 Å². The highest BCUT2D eigenvalue weighted by Gasteiger charge is 2.15. The molecule has 0 radical (unpaired) electrons. The zero-order valence-electron chi connectivity index (χ0n) is 13.3. The third kappa shape index (κ3) is 3.12. The molecule has 0 fully saturated rings. The lowest BCUT2D eigenvalue weighted by molar-refractivity contribution is 0.309. The monoisotopic (exact) mass is 331 g/mol. The highest BCUT2D eigenvalue weighted by atomic mass is 32.1. The predicted molar refractivity (Wildman–Crippen MR) is 92.1 cm³/mol. The molecule has 0 aliphatic carbocycles. The minimum absolute atomic E-state index is 0.274. The van der Waals surface area contributed by atoms with E-state index >= 15 is 0 Å². The Hall–Kier alpha value is -2.21. The molecular weight excluding hydrogens is 313 g/mol. The molecule has 0 N–H and O–H groups in total. The zero-order chi connectivity index (χ0) is 16.4. The Morgan fingerprint density at radius 1 is 1.22 bits per heavy atom. The third-order valence-electron chi connectivity index (χ3n) is 3.83. The van der Waals surface area contributed by atoms with Gasteiger partial charge in [0.15, 0.2) is 11.6 Å². The summed E-state index contributed by atoms with van der Waals surface area (Å²) >= 11 is 1.67. The molecule has 1 aromatic carbocycles. The van der Waals surface area contributed by atoms with E-state index in [2.05, 4.69) is 23.8 Å². The summed E-state index contributed by atoms with van der Waals surface area (Å²) in [5.41, 5.74) is 1.21. The molecular formula is C17H18FN3OS. The van der Waals surface area contributed by atoms with Gasteiger partial charge in [0.05, 0.1) is 11.9 Å². The van der Waals surface area contributed by atoms with Crippen molar-refractivity contribution in [1.29, 1.82) is 0 Å². The Morgan fingerprint density at radius 2 is 2.00 bits per heavy atom. The van der Waals surface area contributed by atoms with Crippen molar-refractivity contribution in [1.82, 2.24) is 9.97 Å². The van der Waals surface area contributed by atoms with Crippen molar-refractivity contribution in [2.75, 3.05) is 25.1 Å². The molecule has 3 rings (SSSR count). The SMILES string of the molecule is Cc1sc2ncnc(N(C)CCOc3ccccc3F)c2c1C. The summed E-state index contributed by atoms with van der Waals surface area (Å²) < 4.78 is 19.1. The summed E-state index contributed by atoms with van der Waals surface area (Å²) in [5.74, 6) is 0.814. The van der Waals surface area contributed by atoms with Gasteiger partial charge in [0.2, 0.25) is 0 Å². The van der Waals surface area contributed by atoms with Crippen molar-refractivity contribution in [2.24, 2.45) is 0 Å². The molecule has 0 bridgehead atoms. The fourth-order valence-corrected chi connectivity index (χ4v) is 3.40. The molecule has 0 aliphatic heterocycles. The van der Waals surface area contributed by atoms with Gasteiger partial charge in [-0.25, -0.2) is 14.4 Å². The Kier molecular flexibility index (Phi) is 4.43. The summed E-state index contributed by atoms with van der Waals surface area (Å²) in [7, 11) is 1.96. The van der Waals surface area contributed by atoms with Crippen molar-refractivity contribution in [3.63, 3.8) is 0 Å². The van der Waals surface area contributed by atoms with Crippen molar-refractivity contribution in [3.05, 3.63) is 46.9 Å². The number of nitrogens with zero attached hydrogens (tertiary/aromatic N) is 3. The number of para-hydroxylation sites is 1. The van der Waals surface area contributed by atoms with Crippen LogP contribution in [0.2, 0.25) is 0 Å². The predicted octanol–water partition coefficient (Wildman–Crippen LogP) is 3.96. The van der Waals surface area contributed by atoms with Gasteiger partial charge in [0.25, 0.3) is 0 Å². The van der Waals surface area contributed by atoms with E-state index in [4.69, 9.17) is 4.74 Å². The van der Waals surface area contributed by atoms with Gasteiger partial charge in [-0.1, -0.05) is 12.1 Å². The van der Waals surface area contributed by atoms with Crippen molar-refractivity contribution < 1.29 is 9.13 Å². The number of hydrogen-bond acceptors (Lipinski definition) is 5. The lowest BCUT2D eigenvalue weighted by atomic mass is 10.2. The Labute approximate surface area is 138 Å². The first-order valence-corrected chi connectivity index (χ1v) is 8.18. The number of thiophene rings is 1. The summed E-state index contributed by atoms with van der Waals surface area (Å²) in [6, 6.07) is 6.43. The molecule has 0 saturated carbocycles. The number of rotatable bonds is 5. The molecule has 23 heavy (non-hydrogen) atoms. The summed E-state index contributed by atoms with van der Waals surface area (Å²) in [4.78, 5) is 13.0. The van der Waals surface area contributed by atoms with Crippen LogP contribution < -0.4 is 9.64 Å². The summed E-state index contributed by atoms with van der Waals surface area (Å²) in [6.07, 6.45) is 1.58. The molecule has 120 valence electrons. The van der Waals surface area contributed by atoms with Crippen LogP contribution in [0.4, 0.5) is 10.2 Å². The first-order chi connectivity index (χ1) is 11.1. The van der Waals surface area contributed by atoms with Gasteiger partial charge in [0, 0.05) is 11.9 Å². The number of fused-ring (bicyclic) bond motifs is 1. The first-order valence-electron chi connectivity index (χ1n) is 7.37. The normalized spacial score (nSPS) is 11.0. The van der Waals surface area contributed by atoms with E-state index < -0.39 is 0 Å². The van der Waals surface area contributed by atoms with Crippen molar-refractivity contribution in [2.45, 2.75) is 13.8 Å². The van der Waals surface area contributed by atoms with E-state index in [1.165, 1.54) is 16.5 Å². The lowest BCUT2D eigenvalue weighted by Crippen LogP contribution is -2.25. The van der Waals surface area contributed by atoms with Crippen LogP contribution in [0.15, 0.2) is 30.6 Å². The number of anilines is 1. The number of hydrogen-bond donors (Lipinski definition) is 0. The fourth-order valence-electron chi connectivity index (χ4n) is 2.41. The third-order valence-corrected chi connectivity index (χ3v) is 4.94. The Bertz CT molecular complexity index is 834. The van der Waals surface area contributed by atoms with Crippen molar-refractivity contribution >= 4 is 27.4 Å². The van der Waals surface area contributed by atoms with Gasteiger partial charge in [0.1, 0.15) is 23.6 Å². The minimum atomic E-state index is -0.344. The highest BCUT2D eigenvalue weighted by Crippen LogP contribution is 2.33. The van der Waals surface area contributed by atoms with Gasteiger partial charge < -0.3 is 9.64 Å². The maximum Gasteiger partial charge on any atom is 0.165 e. The van der Waals surface area contributed by atoms with Crippen LogP contribution in [-0.4, -0.2) is 30.2 Å². The largest absolute Gasteiger partial charge is 0.489 e. The van der Waals surface area contributed by atoms with Crippen LogP contribution in [0.25, 0.3) is 10.2 Å². The van der Waals surface area contributed by atoms with E-state index in [0.717, 1.165) is 16.0 Å². The van der Waals surface area contributed by atoms with Crippen LogP contribution in [0.3, 0.4) is 0 Å². The molecule has 2 aromatic heterocycles. The molecule has 0 amide bonds. The van der Waals surface area contributed by atoms with Gasteiger partial charge >= 0.3 is 0 Å². The van der Waals surface area contributed by atoms with Crippen LogP contribution in [0.1, 0.15) is 10.4 Å². The molecule has 0 unspecified atom stereocenters. The van der Waals surface area contributed by atoms with E-state index in [9.17, 15) is 4.39 Å². The summed E-state index contributed by atoms with van der Waals surface area (Å²) in [6.45, 7) is 5.16. The van der Waals surface area contributed by atoms with Gasteiger partial charge in [-0.15, -0.1) is 11.3 Å². The number of halogens is 1. The second-order valence-electron chi connectivity index (χ2n) is 5.36. The average molecular weight is 331 g/mol. The van der Waals surface area contributed by atoms with Crippen LogP contribution in [-0.2, 0) is 0 Å². The number of aryl methyl sites for hydroxylation is 2. The van der Waals surface area contributed by atoms with E-state index in [-0.39, 0.29) is 11.6 Å². The van der Waals surface area contributed by atoms with Crippen LogP contribution in [0.5, 0.6) is 5.75 Å². The number of likely N-dealkylation sites (N-methyl/N-ethyl adjacent to an activating group) is 1. The maximum absolute atomic E-state index is 13.5. The highest BCUT2D eigenvalue weighted by molar-refractivity contribution is 7.18. The van der Waals surface area contributed by atoms with E-state index in [1.807, 2.05) is 11.9 Å². The zero-order valence-corrected chi connectivity index (χ0v) is 14.2. The average Bonchev–Trinajstić information content (AvgIpc) is 2.84. The molecule has 0 spiro atoms. The molecule has 0 aliphatic rings. The standard InChI is InChI=1S/C17H18FN3OS/c1-11-12(2)23-17-15(11)16(19-10-20-17)21(3)8-9-22-14-7-5-4-6-13(14)18/h4-7,10H,8-9H2,1-3H3. The van der Waals surface area contributed by atoms with Gasteiger partial charge in [-0.05, 0) is 31.5 Å². The Balaban J connectivity index is 1.74. The van der Waals surface area contributed by atoms with E-state index in [0.29, 0.717) is 13.2 Å². The molecule has 0 saturated heterocycles.